The first kappa shape index (κ1) is 14.7. The summed E-state index contributed by atoms with van der Waals surface area (Å²) in [4.78, 5) is 18.7. The molecule has 0 radical (unpaired) electrons. The van der Waals surface area contributed by atoms with Gasteiger partial charge in [0.05, 0.1) is 6.04 Å². The molecule has 1 N–H and O–H groups in total. The Hall–Kier alpha value is -2.20. The molecule has 1 aromatic carbocycles. The fourth-order valence-corrected chi connectivity index (χ4v) is 2.99. The third kappa shape index (κ3) is 3.02. The minimum absolute atomic E-state index is 0.0165. The van der Waals surface area contributed by atoms with Crippen molar-refractivity contribution < 1.29 is 4.79 Å². The lowest BCUT2D eigenvalue weighted by Gasteiger charge is -2.29. The zero-order chi connectivity index (χ0) is 15.5. The van der Waals surface area contributed by atoms with Crippen LogP contribution in [0.25, 0.3) is 0 Å². The number of fused-ring (bicyclic) bond motifs is 1. The van der Waals surface area contributed by atoms with Gasteiger partial charge in [0.2, 0.25) is 5.91 Å². The van der Waals surface area contributed by atoms with Crippen LogP contribution in [0.15, 0.2) is 48.7 Å². The quantitative estimate of drug-likeness (QED) is 0.942. The van der Waals surface area contributed by atoms with Gasteiger partial charge in [0.25, 0.3) is 0 Å². The highest BCUT2D eigenvalue weighted by atomic mass is 16.2. The Kier molecular flexibility index (Phi) is 4.20. The molecule has 4 heteroatoms. The van der Waals surface area contributed by atoms with Crippen LogP contribution in [0.4, 0.5) is 5.82 Å². The molecule has 0 unspecified atom stereocenters. The number of carbonyl (C=O) groups is 1. The van der Waals surface area contributed by atoms with Crippen LogP contribution >= 0.6 is 0 Å². The van der Waals surface area contributed by atoms with E-state index in [1.165, 1.54) is 11.1 Å². The Morgan fingerprint density at radius 1 is 1.18 bits per heavy atom. The third-order valence-corrected chi connectivity index (χ3v) is 4.51. The lowest BCUT2D eigenvalue weighted by molar-refractivity contribution is -0.121. The molecule has 1 amide bonds. The van der Waals surface area contributed by atoms with Gasteiger partial charge in [0.1, 0.15) is 5.82 Å². The van der Waals surface area contributed by atoms with E-state index in [9.17, 15) is 4.79 Å². The Bertz CT molecular complexity index is 631. The second kappa shape index (κ2) is 6.28. The van der Waals surface area contributed by atoms with E-state index < -0.39 is 0 Å². The number of hydrogen-bond donors (Lipinski definition) is 1. The Morgan fingerprint density at radius 3 is 2.41 bits per heavy atom. The van der Waals surface area contributed by atoms with E-state index in [2.05, 4.69) is 39.5 Å². The Labute approximate surface area is 131 Å². The van der Waals surface area contributed by atoms with Crippen molar-refractivity contribution in [1.29, 1.82) is 0 Å². The minimum atomic E-state index is -0.193. The zero-order valence-corrected chi connectivity index (χ0v) is 13.0. The molecular weight excluding hydrogens is 274 g/mol. The summed E-state index contributed by atoms with van der Waals surface area (Å²) in [5, 5.41) is 2.88. The first-order valence-corrected chi connectivity index (χ1v) is 7.66. The van der Waals surface area contributed by atoms with Crippen molar-refractivity contribution in [3.8, 4) is 0 Å². The van der Waals surface area contributed by atoms with Gasteiger partial charge in [0.15, 0.2) is 0 Å². The minimum Gasteiger partial charge on any atom is -0.309 e. The molecular formula is C18H21N3O. The predicted octanol–water partition coefficient (Wildman–Crippen LogP) is 2.51. The smallest absolute Gasteiger partial charge is 0.242 e. The van der Waals surface area contributed by atoms with Crippen molar-refractivity contribution in [3.63, 3.8) is 0 Å². The molecule has 1 aliphatic rings. The molecule has 4 nitrogen and oxygen atoms in total. The number of anilines is 1. The lowest BCUT2D eigenvalue weighted by Crippen LogP contribution is -2.45. The number of pyridine rings is 1. The van der Waals surface area contributed by atoms with Crippen LogP contribution in [-0.2, 0) is 17.6 Å². The molecule has 0 fully saturated rings. The van der Waals surface area contributed by atoms with Crippen LogP contribution in [0.3, 0.4) is 0 Å². The van der Waals surface area contributed by atoms with Crippen LogP contribution in [0.5, 0.6) is 0 Å². The summed E-state index contributed by atoms with van der Waals surface area (Å²) < 4.78 is 0. The standard InChI is InChI=1S/C18H21N3O/c1-13(18(22)20-17-9-5-6-10-19-17)21(2)16-11-14-7-3-4-8-15(14)12-16/h3-10,13,16H,11-12H2,1-2H3,(H,19,20,22)/t13-/m1/s1. The van der Waals surface area contributed by atoms with Crippen molar-refractivity contribution >= 4 is 11.7 Å². The summed E-state index contributed by atoms with van der Waals surface area (Å²) in [6, 6.07) is 14.2. The van der Waals surface area contributed by atoms with E-state index >= 15 is 0 Å². The molecule has 1 atom stereocenters. The first-order chi connectivity index (χ1) is 10.6. The Morgan fingerprint density at radius 2 is 1.82 bits per heavy atom. The SMILES string of the molecule is C[C@H](C(=O)Nc1ccccn1)N(C)C1Cc2ccccc2C1. The van der Waals surface area contributed by atoms with Gasteiger partial charge < -0.3 is 5.32 Å². The number of aromatic nitrogens is 1. The number of amides is 1. The maximum absolute atomic E-state index is 12.4. The number of nitrogens with zero attached hydrogens (tertiary/aromatic N) is 2. The Balaban J connectivity index is 1.63. The van der Waals surface area contributed by atoms with E-state index in [-0.39, 0.29) is 11.9 Å². The molecule has 0 saturated heterocycles. The fourth-order valence-electron chi connectivity index (χ4n) is 2.99. The molecule has 1 aliphatic carbocycles. The van der Waals surface area contributed by atoms with Crippen molar-refractivity contribution in [3.05, 3.63) is 59.8 Å². The summed E-state index contributed by atoms with van der Waals surface area (Å²) in [5.41, 5.74) is 2.80. The molecule has 1 heterocycles. The molecule has 22 heavy (non-hydrogen) atoms. The van der Waals surface area contributed by atoms with E-state index in [1.807, 2.05) is 26.1 Å². The highest BCUT2D eigenvalue weighted by molar-refractivity contribution is 5.93. The van der Waals surface area contributed by atoms with Gasteiger partial charge in [-0.1, -0.05) is 30.3 Å². The predicted molar refractivity (Wildman–Crippen MR) is 87.7 cm³/mol. The summed E-state index contributed by atoms with van der Waals surface area (Å²) >= 11 is 0. The normalized spacial score (nSPS) is 15.6. The number of hydrogen-bond acceptors (Lipinski definition) is 3. The van der Waals surface area contributed by atoms with Crippen molar-refractivity contribution in [2.24, 2.45) is 0 Å². The topological polar surface area (TPSA) is 45.2 Å². The summed E-state index contributed by atoms with van der Waals surface area (Å²) in [6.07, 6.45) is 3.69. The third-order valence-electron chi connectivity index (χ3n) is 4.51. The molecule has 3 rings (SSSR count). The number of benzene rings is 1. The van der Waals surface area contributed by atoms with E-state index in [0.717, 1.165) is 12.8 Å². The van der Waals surface area contributed by atoms with Gasteiger partial charge >= 0.3 is 0 Å². The van der Waals surface area contributed by atoms with Gasteiger partial charge in [-0.15, -0.1) is 0 Å². The van der Waals surface area contributed by atoms with Gasteiger partial charge in [-0.2, -0.15) is 0 Å². The molecule has 1 aromatic heterocycles. The molecule has 0 bridgehead atoms. The zero-order valence-electron chi connectivity index (χ0n) is 13.0. The fraction of sp³-hybridized carbons (Fsp3) is 0.333. The molecule has 114 valence electrons. The first-order valence-electron chi connectivity index (χ1n) is 7.66. The van der Waals surface area contributed by atoms with Crippen LogP contribution in [0.2, 0.25) is 0 Å². The molecule has 0 saturated carbocycles. The average molecular weight is 295 g/mol. The number of rotatable bonds is 4. The largest absolute Gasteiger partial charge is 0.309 e. The van der Waals surface area contributed by atoms with Crippen molar-refractivity contribution in [2.45, 2.75) is 31.8 Å². The van der Waals surface area contributed by atoms with Crippen molar-refractivity contribution in [1.82, 2.24) is 9.88 Å². The van der Waals surface area contributed by atoms with Gasteiger partial charge in [-0.3, -0.25) is 9.69 Å². The molecule has 2 aromatic rings. The van der Waals surface area contributed by atoms with Gasteiger partial charge in [-0.05, 0) is 50.1 Å². The van der Waals surface area contributed by atoms with Gasteiger partial charge in [-0.25, -0.2) is 4.98 Å². The number of nitrogens with one attached hydrogen (secondary N) is 1. The highest BCUT2D eigenvalue weighted by Gasteiger charge is 2.29. The number of carbonyl (C=O) groups excluding carboxylic acids is 1. The molecule has 0 spiro atoms. The van der Waals surface area contributed by atoms with Gasteiger partial charge in [0, 0.05) is 12.2 Å². The van der Waals surface area contributed by atoms with Crippen LogP contribution < -0.4 is 5.32 Å². The van der Waals surface area contributed by atoms with E-state index in [1.54, 1.807) is 12.3 Å². The van der Waals surface area contributed by atoms with Crippen LogP contribution in [-0.4, -0.2) is 34.9 Å². The maximum atomic E-state index is 12.4. The average Bonchev–Trinajstić information content (AvgIpc) is 2.98. The maximum Gasteiger partial charge on any atom is 0.242 e. The van der Waals surface area contributed by atoms with Crippen molar-refractivity contribution in [2.75, 3.05) is 12.4 Å². The summed E-state index contributed by atoms with van der Waals surface area (Å²) in [6.45, 7) is 1.95. The second-order valence-corrected chi connectivity index (χ2v) is 5.88. The van der Waals surface area contributed by atoms with E-state index in [4.69, 9.17) is 0 Å². The molecule has 0 aliphatic heterocycles. The summed E-state index contributed by atoms with van der Waals surface area (Å²) in [5.74, 6) is 0.583. The highest BCUT2D eigenvalue weighted by Crippen LogP contribution is 2.25. The summed E-state index contributed by atoms with van der Waals surface area (Å²) in [7, 11) is 2.03. The van der Waals surface area contributed by atoms with Crippen LogP contribution in [0, 0.1) is 0 Å². The lowest BCUT2D eigenvalue weighted by atomic mass is 10.1. The van der Waals surface area contributed by atoms with E-state index in [0.29, 0.717) is 11.9 Å². The second-order valence-electron chi connectivity index (χ2n) is 5.88. The monoisotopic (exact) mass is 295 g/mol. The number of likely N-dealkylation sites (N-methyl/N-ethyl adjacent to an activating group) is 1. The van der Waals surface area contributed by atoms with Crippen LogP contribution in [0.1, 0.15) is 18.1 Å².